The average Bonchev–Trinajstić information content (AvgIpc) is 3.15. The van der Waals surface area contributed by atoms with Crippen LogP contribution in [0.5, 0.6) is 0 Å². The number of benzene rings is 1. The number of hydrogen-bond acceptors (Lipinski definition) is 4. The van der Waals surface area contributed by atoms with E-state index in [0.29, 0.717) is 12.6 Å². The first-order valence-electron chi connectivity index (χ1n) is 7.40. The Morgan fingerprint density at radius 1 is 1.18 bits per heavy atom. The molecule has 0 fully saturated rings. The Balaban J connectivity index is 1.54. The van der Waals surface area contributed by atoms with Gasteiger partial charge in [0.15, 0.2) is 0 Å². The first kappa shape index (κ1) is 14.5. The smallest absolute Gasteiger partial charge is 0.0969 e. The molecule has 6 nitrogen and oxygen atoms in total. The van der Waals surface area contributed by atoms with Crippen LogP contribution in [-0.4, -0.2) is 30.8 Å². The van der Waals surface area contributed by atoms with Gasteiger partial charge in [0.25, 0.3) is 0 Å². The summed E-state index contributed by atoms with van der Waals surface area (Å²) < 4.78 is 3.74. The van der Waals surface area contributed by atoms with E-state index in [4.69, 9.17) is 0 Å². The molecular weight excluding hydrogens is 276 g/mol. The number of hydrogen-bond donors (Lipinski definition) is 1. The number of nitrogens with zero attached hydrogens (tertiary/aromatic N) is 5. The third kappa shape index (κ3) is 3.59. The molecule has 1 atom stereocenters. The summed E-state index contributed by atoms with van der Waals surface area (Å²) in [6.07, 6.45) is 5.87. The Morgan fingerprint density at radius 2 is 2.00 bits per heavy atom. The van der Waals surface area contributed by atoms with Crippen molar-refractivity contribution in [2.24, 2.45) is 0 Å². The summed E-state index contributed by atoms with van der Waals surface area (Å²) in [6, 6.07) is 10.3. The second-order valence-electron chi connectivity index (χ2n) is 5.51. The quantitative estimate of drug-likeness (QED) is 0.755. The summed E-state index contributed by atoms with van der Waals surface area (Å²) in [6.45, 7) is 5.71. The van der Waals surface area contributed by atoms with Gasteiger partial charge in [-0.05, 0) is 31.5 Å². The standard InChI is InChI=1S/C16H20N6/c1-13-8-18-21(10-13)11-14(2)17-9-15-12-22(20-19-15)16-6-4-3-5-7-16/h3-8,10,12,14,17H,9,11H2,1-2H3/t14-/m0/s1. The van der Waals surface area contributed by atoms with Crippen molar-refractivity contribution in [1.29, 1.82) is 0 Å². The van der Waals surface area contributed by atoms with E-state index in [-0.39, 0.29) is 0 Å². The van der Waals surface area contributed by atoms with Crippen LogP contribution < -0.4 is 5.32 Å². The lowest BCUT2D eigenvalue weighted by atomic mass is 10.3. The van der Waals surface area contributed by atoms with Crippen LogP contribution in [0.25, 0.3) is 5.69 Å². The van der Waals surface area contributed by atoms with E-state index >= 15 is 0 Å². The molecule has 0 spiro atoms. The van der Waals surface area contributed by atoms with Gasteiger partial charge in [0.2, 0.25) is 0 Å². The van der Waals surface area contributed by atoms with Gasteiger partial charge in [-0.2, -0.15) is 5.10 Å². The number of rotatable bonds is 6. The van der Waals surface area contributed by atoms with Crippen LogP contribution in [0.1, 0.15) is 18.2 Å². The van der Waals surface area contributed by atoms with Crippen molar-refractivity contribution in [3.05, 3.63) is 60.2 Å². The van der Waals surface area contributed by atoms with Crippen LogP contribution in [-0.2, 0) is 13.1 Å². The first-order chi connectivity index (χ1) is 10.7. The first-order valence-corrected chi connectivity index (χ1v) is 7.40. The van der Waals surface area contributed by atoms with E-state index < -0.39 is 0 Å². The van der Waals surface area contributed by atoms with Gasteiger partial charge in [0, 0.05) is 18.8 Å². The van der Waals surface area contributed by atoms with Crippen LogP contribution in [0.4, 0.5) is 0 Å². The molecule has 114 valence electrons. The van der Waals surface area contributed by atoms with Crippen LogP contribution >= 0.6 is 0 Å². The molecule has 2 aromatic heterocycles. The Morgan fingerprint density at radius 3 is 2.73 bits per heavy atom. The maximum atomic E-state index is 4.30. The zero-order chi connectivity index (χ0) is 15.4. The molecule has 0 unspecified atom stereocenters. The zero-order valence-corrected chi connectivity index (χ0v) is 12.8. The minimum absolute atomic E-state index is 0.307. The van der Waals surface area contributed by atoms with Gasteiger partial charge in [0.05, 0.1) is 30.3 Å². The van der Waals surface area contributed by atoms with E-state index in [0.717, 1.165) is 17.9 Å². The summed E-state index contributed by atoms with van der Waals surface area (Å²) in [5, 5.41) is 16.1. The number of aromatic nitrogens is 5. The van der Waals surface area contributed by atoms with Crippen LogP contribution in [0.15, 0.2) is 48.9 Å². The molecule has 0 radical (unpaired) electrons. The normalized spacial score (nSPS) is 12.5. The molecule has 0 aliphatic rings. The van der Waals surface area contributed by atoms with Crippen molar-refractivity contribution in [1.82, 2.24) is 30.1 Å². The molecule has 1 N–H and O–H groups in total. The lowest BCUT2D eigenvalue weighted by molar-refractivity contribution is 0.448. The van der Waals surface area contributed by atoms with Gasteiger partial charge in [-0.25, -0.2) is 4.68 Å². The molecule has 3 aromatic rings. The summed E-state index contributed by atoms with van der Waals surface area (Å²) in [7, 11) is 0. The Bertz CT molecular complexity index is 715. The molecule has 0 saturated heterocycles. The van der Waals surface area contributed by atoms with E-state index in [1.54, 1.807) is 4.68 Å². The molecule has 0 saturated carbocycles. The largest absolute Gasteiger partial charge is 0.307 e. The van der Waals surface area contributed by atoms with Gasteiger partial charge in [-0.15, -0.1) is 5.10 Å². The summed E-state index contributed by atoms with van der Waals surface area (Å²) in [4.78, 5) is 0. The highest BCUT2D eigenvalue weighted by Gasteiger charge is 2.06. The number of nitrogens with one attached hydrogen (secondary N) is 1. The number of para-hydroxylation sites is 1. The van der Waals surface area contributed by atoms with Crippen molar-refractivity contribution < 1.29 is 0 Å². The van der Waals surface area contributed by atoms with Gasteiger partial charge >= 0.3 is 0 Å². The fraction of sp³-hybridized carbons (Fsp3) is 0.312. The molecule has 0 bridgehead atoms. The van der Waals surface area contributed by atoms with Crippen molar-refractivity contribution in [2.45, 2.75) is 33.0 Å². The maximum Gasteiger partial charge on any atom is 0.0969 e. The molecule has 22 heavy (non-hydrogen) atoms. The van der Waals surface area contributed by atoms with Gasteiger partial charge in [-0.3, -0.25) is 4.68 Å². The molecule has 0 amide bonds. The Labute approximate surface area is 129 Å². The van der Waals surface area contributed by atoms with Gasteiger partial charge in [0.1, 0.15) is 0 Å². The van der Waals surface area contributed by atoms with Crippen molar-refractivity contribution >= 4 is 0 Å². The fourth-order valence-corrected chi connectivity index (χ4v) is 2.28. The van der Waals surface area contributed by atoms with E-state index in [1.165, 1.54) is 5.56 Å². The summed E-state index contributed by atoms with van der Waals surface area (Å²) >= 11 is 0. The second kappa shape index (κ2) is 6.53. The summed E-state index contributed by atoms with van der Waals surface area (Å²) in [5.41, 5.74) is 3.12. The van der Waals surface area contributed by atoms with Crippen LogP contribution in [0, 0.1) is 6.92 Å². The molecule has 2 heterocycles. The SMILES string of the molecule is Cc1cnn(C[C@H](C)NCc2cn(-c3ccccc3)nn2)c1. The predicted octanol–water partition coefficient (Wildman–Crippen LogP) is 1.95. The van der Waals surface area contributed by atoms with Crippen molar-refractivity contribution in [2.75, 3.05) is 0 Å². The highest BCUT2D eigenvalue weighted by atomic mass is 15.4. The average molecular weight is 296 g/mol. The van der Waals surface area contributed by atoms with E-state index in [1.807, 2.05) is 60.5 Å². The molecule has 0 aliphatic carbocycles. The van der Waals surface area contributed by atoms with Crippen molar-refractivity contribution in [3.8, 4) is 5.69 Å². The molecule has 3 rings (SSSR count). The number of aryl methyl sites for hydroxylation is 1. The topological polar surface area (TPSA) is 60.6 Å². The minimum Gasteiger partial charge on any atom is -0.307 e. The van der Waals surface area contributed by atoms with Crippen molar-refractivity contribution in [3.63, 3.8) is 0 Å². The molecule has 1 aromatic carbocycles. The Kier molecular flexibility index (Phi) is 4.29. The third-order valence-corrected chi connectivity index (χ3v) is 3.42. The highest BCUT2D eigenvalue weighted by molar-refractivity contribution is 5.29. The second-order valence-corrected chi connectivity index (χ2v) is 5.51. The molecule has 0 aliphatic heterocycles. The Hall–Kier alpha value is -2.47. The zero-order valence-electron chi connectivity index (χ0n) is 12.8. The lowest BCUT2D eigenvalue weighted by Crippen LogP contribution is -2.30. The van der Waals surface area contributed by atoms with Gasteiger partial charge < -0.3 is 5.32 Å². The third-order valence-electron chi connectivity index (χ3n) is 3.42. The predicted molar refractivity (Wildman–Crippen MR) is 84.6 cm³/mol. The van der Waals surface area contributed by atoms with E-state index in [9.17, 15) is 0 Å². The monoisotopic (exact) mass is 296 g/mol. The summed E-state index contributed by atoms with van der Waals surface area (Å²) in [5.74, 6) is 0. The van der Waals surface area contributed by atoms with Crippen LogP contribution in [0.2, 0.25) is 0 Å². The minimum atomic E-state index is 0.307. The lowest BCUT2D eigenvalue weighted by Gasteiger charge is -2.12. The molecule has 6 heteroatoms. The van der Waals surface area contributed by atoms with E-state index in [2.05, 4.69) is 27.7 Å². The van der Waals surface area contributed by atoms with Gasteiger partial charge in [-0.1, -0.05) is 23.4 Å². The van der Waals surface area contributed by atoms with Crippen LogP contribution in [0.3, 0.4) is 0 Å². The highest BCUT2D eigenvalue weighted by Crippen LogP contribution is 2.06. The fourth-order valence-electron chi connectivity index (χ4n) is 2.28. The molecular formula is C16H20N6. The maximum absolute atomic E-state index is 4.30.